The van der Waals surface area contributed by atoms with Gasteiger partial charge in [-0.3, -0.25) is 9.59 Å². The normalized spacial score (nSPS) is 16.9. The van der Waals surface area contributed by atoms with E-state index >= 15 is 0 Å². The monoisotopic (exact) mass is 369 g/mol. The molecule has 1 aromatic carbocycles. The van der Waals surface area contributed by atoms with Crippen LogP contribution in [0.4, 0.5) is 5.69 Å². The molecule has 25 heavy (non-hydrogen) atoms. The minimum absolute atomic E-state index is 0.0658. The van der Waals surface area contributed by atoms with E-state index < -0.39 is 28.1 Å². The van der Waals surface area contributed by atoms with Crippen molar-refractivity contribution in [1.29, 1.82) is 0 Å². The molecular weight excluding hydrogens is 346 g/mol. The minimum atomic E-state index is -3.90. The van der Waals surface area contributed by atoms with Gasteiger partial charge in [0.1, 0.15) is 6.54 Å². The predicted molar refractivity (Wildman–Crippen MR) is 92.3 cm³/mol. The highest BCUT2D eigenvalue weighted by Gasteiger charge is 2.35. The average Bonchev–Trinajstić information content (AvgIpc) is 2.60. The maximum atomic E-state index is 12.4. The summed E-state index contributed by atoms with van der Waals surface area (Å²) in [6.45, 7) is -0.471. The van der Waals surface area contributed by atoms with E-state index in [0.717, 1.165) is 19.3 Å². The molecule has 0 unspecified atom stereocenters. The summed E-state index contributed by atoms with van der Waals surface area (Å²) in [7, 11) is -2.73. The van der Waals surface area contributed by atoms with E-state index in [2.05, 4.69) is 14.8 Å². The molecule has 0 aliphatic heterocycles. The van der Waals surface area contributed by atoms with E-state index in [4.69, 9.17) is 5.73 Å². The van der Waals surface area contributed by atoms with E-state index in [1.807, 2.05) is 0 Å². The molecule has 1 saturated carbocycles. The van der Waals surface area contributed by atoms with Crippen LogP contribution in [0.15, 0.2) is 29.2 Å². The SMILES string of the molecule is COC(=O)CNS(=O)(=O)c1cccc(NC(=O)C2(N)CCCCC2)c1. The molecule has 1 aliphatic rings. The van der Waals surface area contributed by atoms with Crippen LogP contribution in [-0.4, -0.2) is 39.5 Å². The van der Waals surface area contributed by atoms with Crippen molar-refractivity contribution in [2.24, 2.45) is 5.73 Å². The number of nitrogens with two attached hydrogens (primary N) is 1. The van der Waals surface area contributed by atoms with Gasteiger partial charge in [-0.25, -0.2) is 8.42 Å². The van der Waals surface area contributed by atoms with E-state index in [1.165, 1.54) is 25.3 Å². The third-order valence-electron chi connectivity index (χ3n) is 4.23. The Morgan fingerprint density at radius 1 is 1.24 bits per heavy atom. The molecule has 0 spiro atoms. The van der Waals surface area contributed by atoms with E-state index in [-0.39, 0.29) is 10.8 Å². The van der Waals surface area contributed by atoms with Gasteiger partial charge in [0.05, 0.1) is 17.5 Å². The molecule has 9 heteroatoms. The summed E-state index contributed by atoms with van der Waals surface area (Å²) in [5.74, 6) is -1.01. The largest absolute Gasteiger partial charge is 0.468 e. The highest BCUT2D eigenvalue weighted by molar-refractivity contribution is 7.89. The van der Waals surface area contributed by atoms with E-state index in [1.54, 1.807) is 6.07 Å². The Morgan fingerprint density at radius 2 is 1.92 bits per heavy atom. The van der Waals surface area contributed by atoms with Gasteiger partial charge in [-0.1, -0.05) is 25.3 Å². The van der Waals surface area contributed by atoms with Gasteiger partial charge in [0, 0.05) is 5.69 Å². The number of anilines is 1. The highest BCUT2D eigenvalue weighted by Crippen LogP contribution is 2.27. The zero-order valence-corrected chi connectivity index (χ0v) is 14.9. The number of amides is 1. The zero-order valence-electron chi connectivity index (χ0n) is 14.1. The number of carbonyl (C=O) groups is 2. The van der Waals surface area contributed by atoms with Crippen molar-refractivity contribution in [2.75, 3.05) is 19.0 Å². The summed E-state index contributed by atoms with van der Waals surface area (Å²) in [5, 5.41) is 2.69. The number of hydrogen-bond donors (Lipinski definition) is 3. The second kappa shape index (κ2) is 7.94. The zero-order chi connectivity index (χ0) is 18.5. The van der Waals surface area contributed by atoms with Gasteiger partial charge < -0.3 is 15.8 Å². The Hall–Kier alpha value is -1.97. The number of sulfonamides is 1. The van der Waals surface area contributed by atoms with Crippen LogP contribution in [0.2, 0.25) is 0 Å². The Morgan fingerprint density at radius 3 is 2.56 bits per heavy atom. The molecule has 0 bridgehead atoms. The van der Waals surface area contributed by atoms with Gasteiger partial charge in [-0.05, 0) is 31.0 Å². The lowest BCUT2D eigenvalue weighted by molar-refractivity contribution is -0.139. The lowest BCUT2D eigenvalue weighted by atomic mass is 9.82. The highest BCUT2D eigenvalue weighted by atomic mass is 32.2. The molecule has 1 aliphatic carbocycles. The number of benzene rings is 1. The van der Waals surface area contributed by atoms with Crippen LogP contribution in [0.3, 0.4) is 0 Å². The van der Waals surface area contributed by atoms with Crippen LogP contribution < -0.4 is 15.8 Å². The van der Waals surface area contributed by atoms with Crippen molar-refractivity contribution in [3.8, 4) is 0 Å². The summed E-state index contributed by atoms with van der Waals surface area (Å²) in [6.07, 6.45) is 4.08. The molecule has 2 rings (SSSR count). The lowest BCUT2D eigenvalue weighted by Crippen LogP contribution is -2.52. The van der Waals surface area contributed by atoms with Gasteiger partial charge in [-0.15, -0.1) is 0 Å². The van der Waals surface area contributed by atoms with Gasteiger partial charge >= 0.3 is 5.97 Å². The summed E-state index contributed by atoms with van der Waals surface area (Å²) in [5.41, 5.74) is 5.59. The van der Waals surface area contributed by atoms with Gasteiger partial charge in [-0.2, -0.15) is 4.72 Å². The van der Waals surface area contributed by atoms with Crippen LogP contribution in [0.5, 0.6) is 0 Å². The summed E-state index contributed by atoms with van der Waals surface area (Å²) >= 11 is 0. The smallest absolute Gasteiger partial charge is 0.320 e. The van der Waals surface area contributed by atoms with Crippen LogP contribution >= 0.6 is 0 Å². The Labute approximate surface area is 147 Å². The molecule has 1 aromatic rings. The number of hydrogen-bond acceptors (Lipinski definition) is 6. The molecule has 0 heterocycles. The Kier molecular flexibility index (Phi) is 6.15. The molecule has 1 fully saturated rings. The van der Waals surface area contributed by atoms with Gasteiger partial charge in [0.15, 0.2) is 0 Å². The second-order valence-electron chi connectivity index (χ2n) is 6.10. The fourth-order valence-electron chi connectivity index (χ4n) is 2.72. The van der Waals surface area contributed by atoms with Crippen molar-refractivity contribution < 1.29 is 22.7 Å². The van der Waals surface area contributed by atoms with Crippen molar-refractivity contribution in [3.63, 3.8) is 0 Å². The standard InChI is InChI=1S/C16H23N3O5S/c1-24-14(20)11-18-25(22,23)13-7-5-6-12(10-13)19-15(21)16(17)8-3-2-4-9-16/h5-7,10,18H,2-4,8-9,11,17H2,1H3,(H,19,21). The summed E-state index contributed by atoms with van der Waals surface area (Å²) in [6, 6.07) is 5.79. The van der Waals surface area contributed by atoms with Crippen LogP contribution in [-0.2, 0) is 24.3 Å². The average molecular weight is 369 g/mol. The van der Waals surface area contributed by atoms with Gasteiger partial charge in [0.25, 0.3) is 0 Å². The number of carbonyl (C=O) groups excluding carboxylic acids is 2. The van der Waals surface area contributed by atoms with Crippen molar-refractivity contribution in [1.82, 2.24) is 4.72 Å². The number of nitrogens with one attached hydrogen (secondary N) is 2. The molecule has 4 N–H and O–H groups in total. The maximum absolute atomic E-state index is 12.4. The van der Waals surface area contributed by atoms with E-state index in [9.17, 15) is 18.0 Å². The molecule has 138 valence electrons. The Bertz CT molecular complexity index is 742. The first-order valence-electron chi connectivity index (χ1n) is 8.04. The number of methoxy groups -OCH3 is 1. The predicted octanol–water partition coefficient (Wildman–Crippen LogP) is 0.738. The lowest BCUT2D eigenvalue weighted by Gasteiger charge is -2.31. The molecule has 0 aromatic heterocycles. The Balaban J connectivity index is 2.10. The summed E-state index contributed by atoms with van der Waals surface area (Å²) < 4.78 is 30.9. The minimum Gasteiger partial charge on any atom is -0.468 e. The quantitative estimate of drug-likeness (QED) is 0.635. The second-order valence-corrected chi connectivity index (χ2v) is 7.87. The number of esters is 1. The topological polar surface area (TPSA) is 128 Å². The number of ether oxygens (including phenoxy) is 1. The fraction of sp³-hybridized carbons (Fsp3) is 0.500. The molecule has 0 saturated heterocycles. The van der Waals surface area contributed by atoms with E-state index in [0.29, 0.717) is 18.5 Å². The third kappa shape index (κ3) is 5.00. The van der Waals surface area contributed by atoms with Crippen molar-refractivity contribution in [2.45, 2.75) is 42.5 Å². The molecule has 1 amide bonds. The molecule has 0 radical (unpaired) electrons. The molecular formula is C16H23N3O5S. The maximum Gasteiger partial charge on any atom is 0.320 e. The van der Waals surface area contributed by atoms with Crippen LogP contribution in [0.1, 0.15) is 32.1 Å². The fourth-order valence-corrected chi connectivity index (χ4v) is 3.73. The van der Waals surface area contributed by atoms with Crippen molar-refractivity contribution in [3.05, 3.63) is 24.3 Å². The first kappa shape index (κ1) is 19.4. The van der Waals surface area contributed by atoms with Gasteiger partial charge in [0.2, 0.25) is 15.9 Å². The third-order valence-corrected chi connectivity index (χ3v) is 5.63. The summed E-state index contributed by atoms with van der Waals surface area (Å²) in [4.78, 5) is 23.5. The number of rotatable bonds is 6. The molecule has 8 nitrogen and oxygen atoms in total. The first-order valence-corrected chi connectivity index (χ1v) is 9.52. The van der Waals surface area contributed by atoms with Crippen LogP contribution in [0.25, 0.3) is 0 Å². The van der Waals surface area contributed by atoms with Crippen LogP contribution in [0, 0.1) is 0 Å². The first-order chi connectivity index (χ1) is 11.8. The van der Waals surface area contributed by atoms with Crippen molar-refractivity contribution >= 4 is 27.6 Å². The molecule has 0 atom stereocenters.